The monoisotopic (exact) mass is 414 g/mol. The van der Waals surface area contributed by atoms with Crippen molar-refractivity contribution in [2.24, 2.45) is 0 Å². The summed E-state index contributed by atoms with van der Waals surface area (Å²) in [5.74, 6) is 0. The summed E-state index contributed by atoms with van der Waals surface area (Å²) in [6.45, 7) is 11.6. The van der Waals surface area contributed by atoms with Gasteiger partial charge in [-0.25, -0.2) is 0 Å². The number of rotatable bonds is 3. The molecule has 2 aromatic rings. The van der Waals surface area contributed by atoms with Crippen LogP contribution in [0.2, 0.25) is 0 Å². The Kier molecular flexibility index (Phi) is 5.54. The van der Waals surface area contributed by atoms with E-state index in [0.29, 0.717) is 0 Å². The van der Waals surface area contributed by atoms with Crippen molar-refractivity contribution in [3.63, 3.8) is 0 Å². The van der Waals surface area contributed by atoms with Crippen LogP contribution in [0.4, 0.5) is 11.4 Å². The third kappa shape index (κ3) is 3.71. The fourth-order valence-corrected chi connectivity index (χ4v) is 5.78. The Bertz CT molecular complexity index is 1060. The molecule has 0 spiro atoms. The van der Waals surface area contributed by atoms with E-state index >= 15 is 0 Å². The first-order chi connectivity index (χ1) is 14.7. The van der Waals surface area contributed by atoms with E-state index in [1.54, 1.807) is 5.57 Å². The minimum Gasteiger partial charge on any atom is -0.388 e. The lowest BCUT2D eigenvalue weighted by Gasteiger charge is -2.37. The number of allylic oxidation sites excluding steroid dienone is 4. The number of anilines is 2. The van der Waals surface area contributed by atoms with Gasteiger partial charge in [0.1, 0.15) is 0 Å². The van der Waals surface area contributed by atoms with Gasteiger partial charge in [-0.05, 0) is 85.4 Å². The molecule has 164 valence electrons. The highest BCUT2D eigenvalue weighted by Gasteiger charge is 2.38. The maximum absolute atomic E-state index is 3.47. The first-order valence-corrected chi connectivity index (χ1v) is 11.7. The molecule has 0 radical (unpaired) electrons. The van der Waals surface area contributed by atoms with Crippen molar-refractivity contribution in [1.82, 2.24) is 0 Å². The topological polar surface area (TPSA) is 15.3 Å². The molecular formula is C29H38N2. The molecule has 4 rings (SSSR count). The summed E-state index contributed by atoms with van der Waals surface area (Å²) in [7, 11) is 4.26. The molecule has 1 atom stereocenters. The molecule has 1 N–H and O–H groups in total. The molecule has 1 aliphatic carbocycles. The molecule has 2 nitrogen and oxygen atoms in total. The number of nitrogens with one attached hydrogen (secondary N) is 1. The predicted molar refractivity (Wildman–Crippen MR) is 135 cm³/mol. The number of fused-ring (bicyclic) bond motifs is 1. The molecule has 0 amide bonds. The van der Waals surface area contributed by atoms with E-state index in [9.17, 15) is 0 Å². The van der Waals surface area contributed by atoms with E-state index in [2.05, 4.69) is 107 Å². The quantitative estimate of drug-likeness (QED) is 0.562. The summed E-state index contributed by atoms with van der Waals surface area (Å²) in [6.07, 6.45) is 9.65. The Hall–Kier alpha value is -2.48. The number of nitrogens with zero attached hydrogens (tertiary/aromatic N) is 1. The molecule has 1 saturated carbocycles. The summed E-state index contributed by atoms with van der Waals surface area (Å²) in [6, 6.07) is 13.6. The lowest BCUT2D eigenvalue weighted by atomic mass is 9.68. The Labute approximate surface area is 189 Å². The molecule has 2 aliphatic rings. The summed E-state index contributed by atoms with van der Waals surface area (Å²) in [5.41, 5.74) is 11.4. The lowest BCUT2D eigenvalue weighted by molar-refractivity contribution is 0.375. The number of para-hydroxylation sites is 1. The van der Waals surface area contributed by atoms with Crippen LogP contribution in [0.15, 0.2) is 59.8 Å². The third-order valence-electron chi connectivity index (χ3n) is 7.81. The molecular weight excluding hydrogens is 376 g/mol. The number of benzene rings is 2. The van der Waals surface area contributed by atoms with Gasteiger partial charge in [0.15, 0.2) is 0 Å². The second-order valence-electron chi connectivity index (χ2n) is 10.4. The van der Waals surface area contributed by atoms with E-state index in [1.165, 1.54) is 58.6 Å². The number of hydrogen-bond acceptors (Lipinski definition) is 2. The van der Waals surface area contributed by atoms with E-state index in [-0.39, 0.29) is 10.8 Å². The number of hydrogen-bond donors (Lipinski definition) is 1. The molecule has 1 fully saturated rings. The van der Waals surface area contributed by atoms with Gasteiger partial charge in [-0.2, -0.15) is 0 Å². The zero-order valence-corrected chi connectivity index (χ0v) is 20.4. The van der Waals surface area contributed by atoms with Gasteiger partial charge in [0.05, 0.1) is 0 Å². The fourth-order valence-electron chi connectivity index (χ4n) is 5.78. The molecule has 1 heterocycles. The van der Waals surface area contributed by atoms with Crippen molar-refractivity contribution in [1.29, 1.82) is 0 Å². The van der Waals surface area contributed by atoms with Crippen LogP contribution in [0.25, 0.3) is 0 Å². The van der Waals surface area contributed by atoms with E-state index in [0.717, 1.165) is 6.42 Å². The van der Waals surface area contributed by atoms with Gasteiger partial charge in [0.2, 0.25) is 0 Å². The van der Waals surface area contributed by atoms with Crippen molar-refractivity contribution >= 4 is 11.4 Å². The van der Waals surface area contributed by atoms with Gasteiger partial charge in [-0.1, -0.05) is 56.7 Å². The van der Waals surface area contributed by atoms with Crippen molar-refractivity contribution in [2.45, 2.75) is 71.1 Å². The lowest BCUT2D eigenvalue weighted by Crippen LogP contribution is -2.27. The van der Waals surface area contributed by atoms with Gasteiger partial charge in [0, 0.05) is 36.6 Å². The molecule has 0 aromatic heterocycles. The van der Waals surface area contributed by atoms with Crippen molar-refractivity contribution in [3.8, 4) is 0 Å². The largest absolute Gasteiger partial charge is 0.388 e. The molecule has 1 unspecified atom stereocenters. The van der Waals surface area contributed by atoms with Crippen molar-refractivity contribution in [3.05, 3.63) is 82.1 Å². The Morgan fingerprint density at radius 2 is 1.68 bits per heavy atom. The van der Waals surface area contributed by atoms with Crippen molar-refractivity contribution < 1.29 is 0 Å². The maximum Gasteiger partial charge on any atom is 0.0447 e. The van der Waals surface area contributed by atoms with Crippen LogP contribution in [-0.4, -0.2) is 14.1 Å². The fraction of sp³-hybridized carbons (Fsp3) is 0.448. The van der Waals surface area contributed by atoms with Crippen LogP contribution in [0.3, 0.4) is 0 Å². The Morgan fingerprint density at radius 1 is 0.968 bits per heavy atom. The van der Waals surface area contributed by atoms with Gasteiger partial charge in [-0.15, -0.1) is 0 Å². The third-order valence-corrected chi connectivity index (χ3v) is 7.81. The molecule has 2 aromatic carbocycles. The predicted octanol–water partition coefficient (Wildman–Crippen LogP) is 7.41. The molecule has 0 saturated heterocycles. The second-order valence-corrected chi connectivity index (χ2v) is 10.4. The summed E-state index contributed by atoms with van der Waals surface area (Å²) in [5, 5.41) is 3.47. The minimum absolute atomic E-state index is 0.0355. The van der Waals surface area contributed by atoms with Gasteiger partial charge in [-0.3, -0.25) is 0 Å². The average Bonchev–Trinajstić information content (AvgIpc) is 2.94. The maximum atomic E-state index is 3.47. The minimum atomic E-state index is 0.0355. The molecule has 31 heavy (non-hydrogen) atoms. The standard InChI is InChI=1S/C29H38N2/c1-20-17-24(25(30-6)18-21(20)2)29(5)16-10-11-22(19-29)14-15-27-28(3,4)23-12-8-9-13-26(23)31(27)7/h8-9,12-15,17-18,30H,10-11,16,19H2,1-7H3/b22-14-,27-15-. The summed E-state index contributed by atoms with van der Waals surface area (Å²) >= 11 is 0. The van der Waals surface area contributed by atoms with Crippen LogP contribution in [0.5, 0.6) is 0 Å². The van der Waals surface area contributed by atoms with Gasteiger partial charge < -0.3 is 10.2 Å². The number of aryl methyl sites for hydroxylation is 2. The Morgan fingerprint density at radius 3 is 2.39 bits per heavy atom. The summed E-state index contributed by atoms with van der Waals surface area (Å²) in [4.78, 5) is 2.37. The molecule has 1 aliphatic heterocycles. The van der Waals surface area contributed by atoms with Gasteiger partial charge >= 0.3 is 0 Å². The van der Waals surface area contributed by atoms with E-state index in [4.69, 9.17) is 0 Å². The SMILES string of the molecule is CNc1cc(C)c(C)cc1C1(C)CCC/C(=C/C=C2\N(C)c3ccccc3C2(C)C)C1. The van der Waals surface area contributed by atoms with Crippen LogP contribution in [-0.2, 0) is 10.8 Å². The first-order valence-electron chi connectivity index (χ1n) is 11.7. The van der Waals surface area contributed by atoms with E-state index < -0.39 is 0 Å². The van der Waals surface area contributed by atoms with Crippen LogP contribution in [0, 0.1) is 13.8 Å². The number of likely N-dealkylation sites (N-methyl/N-ethyl adjacent to an activating group) is 1. The van der Waals surface area contributed by atoms with Crippen molar-refractivity contribution in [2.75, 3.05) is 24.3 Å². The van der Waals surface area contributed by atoms with Crippen LogP contribution < -0.4 is 10.2 Å². The highest BCUT2D eigenvalue weighted by Crippen LogP contribution is 2.48. The normalized spacial score (nSPS) is 25.2. The molecule has 2 heteroatoms. The zero-order valence-electron chi connectivity index (χ0n) is 20.4. The van der Waals surface area contributed by atoms with Crippen LogP contribution in [0.1, 0.15) is 68.7 Å². The zero-order chi connectivity index (χ0) is 22.4. The second kappa shape index (κ2) is 7.89. The summed E-state index contributed by atoms with van der Waals surface area (Å²) < 4.78 is 0. The van der Waals surface area contributed by atoms with Crippen LogP contribution >= 0.6 is 0 Å². The highest BCUT2D eigenvalue weighted by molar-refractivity contribution is 5.70. The average molecular weight is 415 g/mol. The highest BCUT2D eigenvalue weighted by atomic mass is 15.2. The smallest absolute Gasteiger partial charge is 0.0447 e. The molecule has 0 bridgehead atoms. The Balaban J connectivity index is 1.66. The first kappa shape index (κ1) is 21.7. The van der Waals surface area contributed by atoms with Gasteiger partial charge in [0.25, 0.3) is 0 Å². The van der Waals surface area contributed by atoms with E-state index in [1.807, 2.05) is 0 Å².